The molecule has 0 aliphatic heterocycles. The van der Waals surface area contributed by atoms with Crippen molar-refractivity contribution in [2.24, 2.45) is 0 Å². The van der Waals surface area contributed by atoms with E-state index >= 15 is 0 Å². The van der Waals surface area contributed by atoms with Crippen molar-refractivity contribution in [1.29, 1.82) is 0 Å². The van der Waals surface area contributed by atoms with Crippen LogP contribution in [0.5, 0.6) is 0 Å². The second kappa shape index (κ2) is 8.10. The van der Waals surface area contributed by atoms with Crippen LogP contribution in [0.25, 0.3) is 11.1 Å². The summed E-state index contributed by atoms with van der Waals surface area (Å²) < 4.78 is 9.67. The lowest BCUT2D eigenvalue weighted by atomic mass is 10.0. The Morgan fingerprint density at radius 3 is 2.39 bits per heavy atom. The Morgan fingerprint density at radius 2 is 1.70 bits per heavy atom. The minimum Gasteiger partial charge on any atom is -0.451 e. The molecule has 2 aromatic rings. The van der Waals surface area contributed by atoms with Gasteiger partial charge in [0.25, 0.3) is 5.91 Å². The van der Waals surface area contributed by atoms with Crippen LogP contribution in [0.15, 0.2) is 54.6 Å². The van der Waals surface area contributed by atoms with Gasteiger partial charge in [-0.25, -0.2) is 4.79 Å². The number of hydrogen-bond donors (Lipinski definition) is 1. The Balaban J connectivity index is 2.11. The average Bonchev–Trinajstić information content (AvgIpc) is 2.56. The third kappa shape index (κ3) is 4.66. The smallest absolute Gasteiger partial charge is 0.332 e. The van der Waals surface area contributed by atoms with E-state index in [1.54, 1.807) is 0 Å². The standard InChI is InChI=1S/C18H19NO4/c1-13(23-17(20)12-22-2)18(21)19-16-11-7-6-10-15(16)14-8-4-3-5-9-14/h3-11,13H,12H2,1-2H3,(H,19,21)/t13-/m1/s1. The predicted molar refractivity (Wildman–Crippen MR) is 87.9 cm³/mol. The third-order valence-corrected chi connectivity index (χ3v) is 3.21. The van der Waals surface area contributed by atoms with E-state index in [9.17, 15) is 9.59 Å². The van der Waals surface area contributed by atoms with Gasteiger partial charge in [0.15, 0.2) is 6.10 Å². The first kappa shape index (κ1) is 16.7. The van der Waals surface area contributed by atoms with Gasteiger partial charge < -0.3 is 14.8 Å². The molecule has 2 aromatic carbocycles. The van der Waals surface area contributed by atoms with Gasteiger partial charge >= 0.3 is 5.97 Å². The molecular weight excluding hydrogens is 294 g/mol. The third-order valence-electron chi connectivity index (χ3n) is 3.21. The minimum absolute atomic E-state index is 0.182. The molecule has 0 aliphatic rings. The van der Waals surface area contributed by atoms with E-state index < -0.39 is 18.0 Å². The molecule has 0 fully saturated rings. The van der Waals surface area contributed by atoms with Crippen molar-refractivity contribution in [3.8, 4) is 11.1 Å². The van der Waals surface area contributed by atoms with E-state index in [1.165, 1.54) is 14.0 Å². The number of amides is 1. The monoisotopic (exact) mass is 313 g/mol. The summed E-state index contributed by atoms with van der Waals surface area (Å²) in [5, 5.41) is 2.80. The first-order valence-electron chi connectivity index (χ1n) is 7.25. The van der Waals surface area contributed by atoms with Crippen molar-refractivity contribution in [3.05, 3.63) is 54.6 Å². The predicted octanol–water partition coefficient (Wildman–Crippen LogP) is 2.87. The number of anilines is 1. The SMILES string of the molecule is COCC(=O)O[C@H](C)C(=O)Nc1ccccc1-c1ccccc1. The number of carbonyl (C=O) groups is 2. The van der Waals surface area contributed by atoms with E-state index in [-0.39, 0.29) is 6.61 Å². The number of esters is 1. The van der Waals surface area contributed by atoms with Crippen molar-refractivity contribution in [1.82, 2.24) is 0 Å². The summed E-state index contributed by atoms with van der Waals surface area (Å²) >= 11 is 0. The molecule has 1 amide bonds. The van der Waals surface area contributed by atoms with Gasteiger partial charge in [0, 0.05) is 18.4 Å². The van der Waals surface area contributed by atoms with Crippen molar-refractivity contribution in [2.75, 3.05) is 19.0 Å². The van der Waals surface area contributed by atoms with Gasteiger partial charge in [0.05, 0.1) is 0 Å². The van der Waals surface area contributed by atoms with Crippen LogP contribution in [0, 0.1) is 0 Å². The highest BCUT2D eigenvalue weighted by Gasteiger charge is 2.18. The van der Waals surface area contributed by atoms with Crippen LogP contribution in [-0.4, -0.2) is 31.7 Å². The number of rotatable bonds is 6. The summed E-state index contributed by atoms with van der Waals surface area (Å²) in [7, 11) is 1.39. The van der Waals surface area contributed by atoms with E-state index in [0.29, 0.717) is 5.69 Å². The molecule has 0 bridgehead atoms. The number of benzene rings is 2. The quantitative estimate of drug-likeness (QED) is 0.833. The minimum atomic E-state index is -0.901. The van der Waals surface area contributed by atoms with Gasteiger partial charge in [-0.3, -0.25) is 4.79 Å². The van der Waals surface area contributed by atoms with Crippen LogP contribution in [0.2, 0.25) is 0 Å². The molecule has 2 rings (SSSR count). The summed E-state index contributed by atoms with van der Waals surface area (Å²) in [5.74, 6) is -0.968. The van der Waals surface area contributed by atoms with Crippen LogP contribution >= 0.6 is 0 Å². The zero-order valence-electron chi connectivity index (χ0n) is 13.1. The summed E-state index contributed by atoms with van der Waals surface area (Å²) in [6, 6.07) is 17.2. The molecule has 0 radical (unpaired) electrons. The molecule has 5 nitrogen and oxygen atoms in total. The molecule has 0 heterocycles. The maximum Gasteiger partial charge on any atom is 0.332 e. The number of para-hydroxylation sites is 1. The molecule has 0 spiro atoms. The lowest BCUT2D eigenvalue weighted by molar-refractivity contribution is -0.156. The lowest BCUT2D eigenvalue weighted by Crippen LogP contribution is -2.31. The highest BCUT2D eigenvalue weighted by atomic mass is 16.6. The van der Waals surface area contributed by atoms with E-state index in [1.807, 2.05) is 54.6 Å². The highest BCUT2D eigenvalue weighted by Crippen LogP contribution is 2.27. The molecule has 0 aromatic heterocycles. The van der Waals surface area contributed by atoms with Crippen molar-refractivity contribution in [3.63, 3.8) is 0 Å². The number of carbonyl (C=O) groups excluding carboxylic acids is 2. The van der Waals surface area contributed by atoms with Gasteiger partial charge in [-0.1, -0.05) is 48.5 Å². The maximum atomic E-state index is 12.2. The maximum absolute atomic E-state index is 12.2. The lowest BCUT2D eigenvalue weighted by Gasteiger charge is -2.15. The Morgan fingerprint density at radius 1 is 1.04 bits per heavy atom. The largest absolute Gasteiger partial charge is 0.451 e. The topological polar surface area (TPSA) is 64.6 Å². The van der Waals surface area contributed by atoms with Gasteiger partial charge in [-0.05, 0) is 18.6 Å². The molecule has 0 aliphatic carbocycles. The molecule has 0 saturated carbocycles. The summed E-state index contributed by atoms with van der Waals surface area (Å²) in [4.78, 5) is 23.6. The Labute approximate surface area is 135 Å². The second-order valence-electron chi connectivity index (χ2n) is 4.97. The number of hydrogen-bond acceptors (Lipinski definition) is 4. The summed E-state index contributed by atoms with van der Waals surface area (Å²) in [6.07, 6.45) is -0.901. The van der Waals surface area contributed by atoms with E-state index in [4.69, 9.17) is 4.74 Å². The number of nitrogens with one attached hydrogen (secondary N) is 1. The van der Waals surface area contributed by atoms with Crippen molar-refractivity contribution >= 4 is 17.6 Å². The van der Waals surface area contributed by atoms with Crippen LogP contribution in [0.4, 0.5) is 5.69 Å². The first-order valence-corrected chi connectivity index (χ1v) is 7.25. The second-order valence-corrected chi connectivity index (χ2v) is 4.97. The van der Waals surface area contributed by atoms with Crippen molar-refractivity contribution < 1.29 is 19.1 Å². The fraction of sp³-hybridized carbons (Fsp3) is 0.222. The van der Waals surface area contributed by atoms with Crippen molar-refractivity contribution in [2.45, 2.75) is 13.0 Å². The normalized spacial score (nSPS) is 11.6. The van der Waals surface area contributed by atoms with Gasteiger partial charge in [0.1, 0.15) is 6.61 Å². The molecule has 1 atom stereocenters. The zero-order valence-corrected chi connectivity index (χ0v) is 13.1. The average molecular weight is 313 g/mol. The van der Waals surface area contributed by atoms with E-state index in [2.05, 4.69) is 10.1 Å². The van der Waals surface area contributed by atoms with Crippen LogP contribution in [-0.2, 0) is 19.1 Å². The Bertz CT molecular complexity index is 670. The first-order chi connectivity index (χ1) is 11.1. The van der Waals surface area contributed by atoms with Crippen LogP contribution in [0.1, 0.15) is 6.92 Å². The molecule has 120 valence electrons. The number of methoxy groups -OCH3 is 1. The van der Waals surface area contributed by atoms with E-state index in [0.717, 1.165) is 11.1 Å². The van der Waals surface area contributed by atoms with Crippen LogP contribution < -0.4 is 5.32 Å². The molecule has 0 unspecified atom stereocenters. The Hall–Kier alpha value is -2.66. The van der Waals surface area contributed by atoms with Gasteiger partial charge in [-0.15, -0.1) is 0 Å². The molecule has 23 heavy (non-hydrogen) atoms. The van der Waals surface area contributed by atoms with Gasteiger partial charge in [-0.2, -0.15) is 0 Å². The van der Waals surface area contributed by atoms with Crippen LogP contribution in [0.3, 0.4) is 0 Å². The Kier molecular flexibility index (Phi) is 5.88. The summed E-state index contributed by atoms with van der Waals surface area (Å²) in [6.45, 7) is 1.34. The zero-order chi connectivity index (χ0) is 16.7. The fourth-order valence-corrected chi connectivity index (χ4v) is 2.10. The van der Waals surface area contributed by atoms with Gasteiger partial charge in [0.2, 0.25) is 0 Å². The number of ether oxygens (including phenoxy) is 2. The molecule has 0 saturated heterocycles. The fourth-order valence-electron chi connectivity index (χ4n) is 2.10. The molecular formula is C18H19NO4. The molecule has 1 N–H and O–H groups in total. The molecule has 5 heteroatoms. The highest BCUT2D eigenvalue weighted by molar-refractivity contribution is 5.98. The summed E-state index contributed by atoms with van der Waals surface area (Å²) in [5.41, 5.74) is 2.56.